The number of rotatable bonds is 2. The second-order valence-electron chi connectivity index (χ2n) is 4.31. The number of aliphatic hydroxyl groups is 2. The fourth-order valence-corrected chi connectivity index (χ4v) is 2.41. The summed E-state index contributed by atoms with van der Waals surface area (Å²) in [6, 6.07) is 1.65. The molecule has 1 aliphatic heterocycles. The van der Waals surface area contributed by atoms with E-state index in [1.54, 1.807) is 12.3 Å². The molecule has 19 heavy (non-hydrogen) atoms. The van der Waals surface area contributed by atoms with Crippen molar-refractivity contribution in [3.63, 3.8) is 0 Å². The van der Waals surface area contributed by atoms with Gasteiger partial charge in [0.15, 0.2) is 12.4 Å². The molecule has 3 heterocycles. The Morgan fingerprint density at radius 1 is 1.47 bits per heavy atom. The molecule has 0 unspecified atom stereocenters. The van der Waals surface area contributed by atoms with Crippen LogP contribution in [0.4, 0.5) is 4.39 Å². The Labute approximate surface area is 112 Å². The second kappa shape index (κ2) is 4.68. The zero-order valence-electron chi connectivity index (χ0n) is 9.65. The summed E-state index contributed by atoms with van der Waals surface area (Å²) >= 11 is 5.91. The first-order valence-corrected chi connectivity index (χ1v) is 6.06. The van der Waals surface area contributed by atoms with Crippen LogP contribution < -0.4 is 0 Å². The molecule has 2 aromatic heterocycles. The van der Waals surface area contributed by atoms with E-state index in [9.17, 15) is 9.50 Å². The van der Waals surface area contributed by atoms with Crippen molar-refractivity contribution in [2.45, 2.75) is 24.6 Å². The highest BCUT2D eigenvalue weighted by Gasteiger charge is 2.45. The van der Waals surface area contributed by atoms with Gasteiger partial charge in [0.2, 0.25) is 0 Å². The van der Waals surface area contributed by atoms with Crippen LogP contribution in [0.15, 0.2) is 18.6 Å². The molecule has 0 saturated carbocycles. The predicted octanol–water partition coefficient (Wildman–Crippen LogP) is 0.673. The van der Waals surface area contributed by atoms with Crippen molar-refractivity contribution in [3.05, 3.63) is 23.7 Å². The third-order valence-electron chi connectivity index (χ3n) is 3.21. The van der Waals surface area contributed by atoms with Gasteiger partial charge >= 0.3 is 0 Å². The standard InChI is InChI=1S/C11H11ClFN3O3/c12-9-5-1-2-16(10(5)15-4-14-9)11-7(13)8(18)6(3-17)19-11/h1-2,4,6-8,11,17-18H,3H2/t6-,7-,8-,11-/m1/s1. The quantitative estimate of drug-likeness (QED) is 0.794. The van der Waals surface area contributed by atoms with E-state index in [1.807, 2.05) is 0 Å². The maximum atomic E-state index is 14.0. The number of fused-ring (bicyclic) bond motifs is 1. The molecule has 8 heteroatoms. The summed E-state index contributed by atoms with van der Waals surface area (Å²) in [5.41, 5.74) is 0.415. The lowest BCUT2D eigenvalue weighted by atomic mass is 10.1. The average molecular weight is 288 g/mol. The van der Waals surface area contributed by atoms with E-state index in [-0.39, 0.29) is 5.15 Å². The zero-order chi connectivity index (χ0) is 13.6. The van der Waals surface area contributed by atoms with Gasteiger partial charge in [-0.3, -0.25) is 0 Å². The number of ether oxygens (including phenoxy) is 1. The molecule has 0 amide bonds. The molecule has 0 radical (unpaired) electrons. The summed E-state index contributed by atoms with van der Waals surface area (Å²) < 4.78 is 20.8. The molecule has 6 nitrogen and oxygen atoms in total. The topological polar surface area (TPSA) is 80.4 Å². The summed E-state index contributed by atoms with van der Waals surface area (Å²) in [5.74, 6) is 0. The summed E-state index contributed by atoms with van der Waals surface area (Å²) in [4.78, 5) is 7.86. The summed E-state index contributed by atoms with van der Waals surface area (Å²) in [6.45, 7) is -0.451. The highest BCUT2D eigenvalue weighted by molar-refractivity contribution is 6.33. The molecule has 102 valence electrons. The third kappa shape index (κ3) is 1.90. The smallest absolute Gasteiger partial charge is 0.173 e. The Hall–Kier alpha value is -1.28. The Bertz CT molecular complexity index is 608. The van der Waals surface area contributed by atoms with Crippen molar-refractivity contribution in [3.8, 4) is 0 Å². The van der Waals surface area contributed by atoms with E-state index in [4.69, 9.17) is 21.4 Å². The third-order valence-corrected chi connectivity index (χ3v) is 3.51. The van der Waals surface area contributed by atoms with Crippen molar-refractivity contribution in [1.82, 2.24) is 14.5 Å². The van der Waals surface area contributed by atoms with Gasteiger partial charge in [-0.1, -0.05) is 11.6 Å². The Morgan fingerprint density at radius 2 is 2.26 bits per heavy atom. The summed E-state index contributed by atoms with van der Waals surface area (Å²) in [7, 11) is 0. The van der Waals surface area contributed by atoms with E-state index in [0.717, 1.165) is 0 Å². The number of aromatic nitrogens is 3. The highest BCUT2D eigenvalue weighted by atomic mass is 35.5. The summed E-state index contributed by atoms with van der Waals surface area (Å²) in [5, 5.41) is 19.5. The lowest BCUT2D eigenvalue weighted by molar-refractivity contribution is -0.0457. The second-order valence-corrected chi connectivity index (χ2v) is 4.67. The molecular formula is C11H11ClFN3O3. The normalized spacial score (nSPS) is 31.2. The van der Waals surface area contributed by atoms with Gasteiger partial charge in [0, 0.05) is 6.20 Å². The molecule has 4 atom stereocenters. The van der Waals surface area contributed by atoms with Gasteiger partial charge < -0.3 is 19.5 Å². The van der Waals surface area contributed by atoms with Crippen molar-refractivity contribution in [2.75, 3.05) is 6.61 Å². The minimum Gasteiger partial charge on any atom is -0.394 e. The first-order chi connectivity index (χ1) is 9.13. The zero-order valence-corrected chi connectivity index (χ0v) is 10.4. The van der Waals surface area contributed by atoms with Gasteiger partial charge in [-0.05, 0) is 6.07 Å². The van der Waals surface area contributed by atoms with Gasteiger partial charge in [-0.15, -0.1) is 0 Å². The predicted molar refractivity (Wildman–Crippen MR) is 64.4 cm³/mol. The average Bonchev–Trinajstić information content (AvgIpc) is 2.94. The van der Waals surface area contributed by atoms with E-state index < -0.39 is 31.2 Å². The Morgan fingerprint density at radius 3 is 2.95 bits per heavy atom. The fraction of sp³-hybridized carbons (Fsp3) is 0.455. The molecule has 0 aromatic carbocycles. The van der Waals surface area contributed by atoms with Crippen LogP contribution in [0.2, 0.25) is 5.15 Å². The Kier molecular flexibility index (Phi) is 3.14. The number of aliphatic hydroxyl groups excluding tert-OH is 2. The molecule has 1 saturated heterocycles. The SMILES string of the molecule is OC[C@H]1O[C@@H](n2ccc3c(Cl)ncnc32)[C@H](F)[C@@H]1O. The number of hydrogen-bond acceptors (Lipinski definition) is 5. The minimum atomic E-state index is -1.65. The molecule has 0 spiro atoms. The molecule has 0 aliphatic carbocycles. The summed E-state index contributed by atoms with van der Waals surface area (Å²) in [6.07, 6.45) is -2.19. The van der Waals surface area contributed by atoms with Gasteiger partial charge in [0.05, 0.1) is 12.0 Å². The molecule has 2 aromatic rings. The van der Waals surface area contributed by atoms with E-state index in [1.165, 1.54) is 10.9 Å². The van der Waals surface area contributed by atoms with Gasteiger partial charge in [0.1, 0.15) is 29.3 Å². The van der Waals surface area contributed by atoms with Crippen LogP contribution in [0.1, 0.15) is 6.23 Å². The van der Waals surface area contributed by atoms with E-state index in [0.29, 0.717) is 11.0 Å². The van der Waals surface area contributed by atoms with Gasteiger partial charge in [-0.2, -0.15) is 0 Å². The number of halogens is 2. The lowest BCUT2D eigenvalue weighted by Gasteiger charge is -2.15. The van der Waals surface area contributed by atoms with Gasteiger partial charge in [-0.25, -0.2) is 14.4 Å². The van der Waals surface area contributed by atoms with Crippen molar-refractivity contribution in [1.29, 1.82) is 0 Å². The van der Waals surface area contributed by atoms with Crippen LogP contribution in [0.3, 0.4) is 0 Å². The molecular weight excluding hydrogens is 277 g/mol. The first-order valence-electron chi connectivity index (χ1n) is 5.69. The van der Waals surface area contributed by atoms with Crippen LogP contribution in [0.5, 0.6) is 0 Å². The first kappa shape index (κ1) is 12.7. The number of nitrogens with zero attached hydrogens (tertiary/aromatic N) is 3. The van der Waals surface area contributed by atoms with Crippen LogP contribution in [0.25, 0.3) is 11.0 Å². The minimum absolute atomic E-state index is 0.261. The van der Waals surface area contributed by atoms with Crippen LogP contribution >= 0.6 is 11.6 Å². The van der Waals surface area contributed by atoms with Crippen LogP contribution in [0, 0.1) is 0 Å². The van der Waals surface area contributed by atoms with Gasteiger partial charge in [0.25, 0.3) is 0 Å². The fourth-order valence-electron chi connectivity index (χ4n) is 2.22. The van der Waals surface area contributed by atoms with Crippen molar-refractivity contribution < 1.29 is 19.3 Å². The van der Waals surface area contributed by atoms with Crippen molar-refractivity contribution >= 4 is 22.6 Å². The van der Waals surface area contributed by atoms with E-state index in [2.05, 4.69) is 9.97 Å². The number of alkyl halides is 1. The van der Waals surface area contributed by atoms with Crippen molar-refractivity contribution in [2.24, 2.45) is 0 Å². The van der Waals surface area contributed by atoms with Crippen LogP contribution in [-0.2, 0) is 4.74 Å². The number of hydrogen-bond donors (Lipinski definition) is 2. The van der Waals surface area contributed by atoms with E-state index >= 15 is 0 Å². The maximum absolute atomic E-state index is 14.0. The molecule has 1 aliphatic rings. The largest absolute Gasteiger partial charge is 0.394 e. The lowest BCUT2D eigenvalue weighted by Crippen LogP contribution is -2.30. The monoisotopic (exact) mass is 287 g/mol. The molecule has 3 rings (SSSR count). The highest BCUT2D eigenvalue weighted by Crippen LogP contribution is 2.34. The van der Waals surface area contributed by atoms with Crippen LogP contribution in [-0.4, -0.2) is 49.7 Å². The molecule has 2 N–H and O–H groups in total. The Balaban J connectivity index is 2.04. The maximum Gasteiger partial charge on any atom is 0.173 e. The molecule has 0 bridgehead atoms. The molecule has 1 fully saturated rings.